The first-order valence-electron chi connectivity index (χ1n) is 5.65. The zero-order valence-corrected chi connectivity index (χ0v) is 10.8. The molecular formula is C12H19NOSi. The van der Waals surface area contributed by atoms with E-state index in [1.54, 1.807) is 0 Å². The van der Waals surface area contributed by atoms with E-state index in [2.05, 4.69) is 31.4 Å². The van der Waals surface area contributed by atoms with Gasteiger partial charge in [0.2, 0.25) is 5.91 Å². The van der Waals surface area contributed by atoms with E-state index in [9.17, 15) is 4.79 Å². The predicted molar refractivity (Wildman–Crippen MR) is 65.3 cm³/mol. The molecule has 0 spiro atoms. The Bertz CT molecular complexity index is 338. The average molecular weight is 221 g/mol. The van der Waals surface area contributed by atoms with Crippen LogP contribution < -0.4 is 0 Å². The normalized spacial score (nSPS) is 28.7. The van der Waals surface area contributed by atoms with Gasteiger partial charge in [-0.25, -0.2) is 0 Å². The van der Waals surface area contributed by atoms with Gasteiger partial charge in [-0.05, 0) is 12.0 Å². The summed E-state index contributed by atoms with van der Waals surface area (Å²) in [5.41, 5.74) is 3.93. The molecule has 1 unspecified atom stereocenters. The van der Waals surface area contributed by atoms with Crippen LogP contribution in [-0.4, -0.2) is 31.5 Å². The molecule has 2 rings (SSSR count). The molecule has 0 aromatic rings. The highest BCUT2D eigenvalue weighted by Gasteiger charge is 2.33. The van der Waals surface area contributed by atoms with E-state index in [1.165, 1.54) is 5.57 Å². The van der Waals surface area contributed by atoms with Crippen molar-refractivity contribution in [1.29, 1.82) is 0 Å². The Labute approximate surface area is 92.7 Å². The molecule has 1 atom stereocenters. The average Bonchev–Trinajstić information content (AvgIpc) is 2.48. The Balaban J connectivity index is 2.25. The number of amides is 1. The Morgan fingerprint density at radius 2 is 2.20 bits per heavy atom. The lowest BCUT2D eigenvalue weighted by molar-refractivity contribution is -0.130. The van der Waals surface area contributed by atoms with Gasteiger partial charge in [0, 0.05) is 13.0 Å². The first kappa shape index (κ1) is 10.7. The first-order valence-corrected chi connectivity index (χ1v) is 9.23. The molecular weight excluding hydrogens is 202 g/mol. The van der Waals surface area contributed by atoms with E-state index < -0.39 is 8.07 Å². The van der Waals surface area contributed by atoms with Gasteiger partial charge in [0.25, 0.3) is 0 Å². The van der Waals surface area contributed by atoms with Crippen molar-refractivity contribution in [2.24, 2.45) is 0 Å². The third kappa shape index (κ3) is 2.22. The van der Waals surface area contributed by atoms with Crippen molar-refractivity contribution >= 4 is 14.0 Å². The Morgan fingerprint density at radius 1 is 1.47 bits per heavy atom. The maximum absolute atomic E-state index is 11.6. The number of rotatable bonds is 1. The van der Waals surface area contributed by atoms with E-state index >= 15 is 0 Å². The maximum atomic E-state index is 11.6. The second-order valence-corrected chi connectivity index (χ2v) is 10.5. The molecule has 0 saturated carbocycles. The molecule has 1 fully saturated rings. The summed E-state index contributed by atoms with van der Waals surface area (Å²) >= 11 is 0. The molecule has 0 aliphatic carbocycles. The summed E-state index contributed by atoms with van der Waals surface area (Å²) in [6, 6.07) is 0.290. The van der Waals surface area contributed by atoms with Crippen LogP contribution in [-0.2, 0) is 4.79 Å². The van der Waals surface area contributed by atoms with Gasteiger partial charge in [0.1, 0.15) is 0 Å². The molecule has 1 amide bonds. The van der Waals surface area contributed by atoms with Crippen LogP contribution in [0.1, 0.15) is 12.8 Å². The molecule has 0 radical (unpaired) electrons. The molecule has 0 aromatic carbocycles. The topological polar surface area (TPSA) is 20.3 Å². The number of fused-ring (bicyclic) bond motifs is 1. The maximum Gasteiger partial charge on any atom is 0.227 e. The number of carbonyl (C=O) groups is 1. The molecule has 1 saturated heterocycles. The van der Waals surface area contributed by atoms with E-state index in [0.29, 0.717) is 12.3 Å². The second kappa shape index (κ2) is 3.63. The Kier molecular flexibility index (Phi) is 2.59. The van der Waals surface area contributed by atoms with Crippen LogP contribution in [0.25, 0.3) is 0 Å². The van der Waals surface area contributed by atoms with Crippen LogP contribution in [0.2, 0.25) is 19.6 Å². The highest BCUT2D eigenvalue weighted by Crippen LogP contribution is 2.29. The van der Waals surface area contributed by atoms with Crippen molar-refractivity contribution in [3.63, 3.8) is 0 Å². The van der Waals surface area contributed by atoms with Crippen LogP contribution in [0.4, 0.5) is 0 Å². The van der Waals surface area contributed by atoms with E-state index in [0.717, 1.165) is 13.0 Å². The Hall–Kier alpha value is -0.833. The predicted octanol–water partition coefficient (Wildman–Crippen LogP) is 2.35. The summed E-state index contributed by atoms with van der Waals surface area (Å²) in [6.45, 7) is 7.95. The number of hydrogen-bond acceptors (Lipinski definition) is 1. The summed E-state index contributed by atoms with van der Waals surface area (Å²) in [6.07, 6.45) is 5.88. The lowest BCUT2D eigenvalue weighted by Crippen LogP contribution is -2.37. The van der Waals surface area contributed by atoms with Crippen LogP contribution in [0.5, 0.6) is 0 Å². The molecule has 0 N–H and O–H groups in total. The third-order valence-electron chi connectivity index (χ3n) is 2.91. The fourth-order valence-electron chi connectivity index (χ4n) is 2.37. The van der Waals surface area contributed by atoms with E-state index in [-0.39, 0.29) is 6.04 Å². The molecule has 15 heavy (non-hydrogen) atoms. The van der Waals surface area contributed by atoms with Gasteiger partial charge in [0.05, 0.1) is 14.1 Å². The molecule has 2 nitrogen and oxygen atoms in total. The summed E-state index contributed by atoms with van der Waals surface area (Å²) in [7, 11) is -1.15. The smallest absolute Gasteiger partial charge is 0.227 e. The lowest BCUT2D eigenvalue weighted by atomic mass is 10.1. The molecule has 0 bridgehead atoms. The van der Waals surface area contributed by atoms with Crippen LogP contribution in [0.3, 0.4) is 0 Å². The minimum Gasteiger partial charge on any atom is -0.332 e. The van der Waals surface area contributed by atoms with Crippen LogP contribution in [0, 0.1) is 0 Å². The highest BCUT2D eigenvalue weighted by atomic mass is 28.3. The van der Waals surface area contributed by atoms with Gasteiger partial charge in [0.15, 0.2) is 0 Å². The van der Waals surface area contributed by atoms with Gasteiger partial charge < -0.3 is 4.90 Å². The van der Waals surface area contributed by atoms with Crippen molar-refractivity contribution in [3.8, 4) is 0 Å². The van der Waals surface area contributed by atoms with Gasteiger partial charge in [-0.1, -0.05) is 37.5 Å². The quantitative estimate of drug-likeness (QED) is 0.492. The molecule has 3 heteroatoms. The van der Waals surface area contributed by atoms with Gasteiger partial charge >= 0.3 is 0 Å². The monoisotopic (exact) mass is 221 g/mol. The van der Waals surface area contributed by atoms with Gasteiger partial charge in [-0.3, -0.25) is 4.79 Å². The minimum absolute atomic E-state index is 0.290. The van der Waals surface area contributed by atoms with Crippen LogP contribution in [0.15, 0.2) is 23.4 Å². The molecule has 0 aromatic heterocycles. The fourth-order valence-corrected chi connectivity index (χ4v) is 3.80. The standard InChI is InChI=1S/C12H19NOSi/c1-15(2,3)9-10-7-8-13-11(10)5-4-6-12(13)14/h4-5,9,11H,6-8H2,1-3H3/b10-9+. The van der Waals surface area contributed by atoms with Gasteiger partial charge in [-0.15, -0.1) is 0 Å². The SMILES string of the molecule is C[Si](C)(C)/C=C1\CCN2C(=O)CC=CC12. The van der Waals surface area contributed by atoms with Crippen molar-refractivity contribution in [2.75, 3.05) is 6.54 Å². The lowest BCUT2D eigenvalue weighted by Gasteiger charge is -2.26. The van der Waals surface area contributed by atoms with Crippen molar-refractivity contribution in [3.05, 3.63) is 23.4 Å². The number of carbonyl (C=O) groups excluding carboxylic acids is 1. The van der Waals surface area contributed by atoms with E-state index in [4.69, 9.17) is 0 Å². The molecule has 2 aliphatic heterocycles. The van der Waals surface area contributed by atoms with Gasteiger partial charge in [-0.2, -0.15) is 0 Å². The third-order valence-corrected chi connectivity index (χ3v) is 4.14. The summed E-state index contributed by atoms with van der Waals surface area (Å²) < 4.78 is 0. The van der Waals surface area contributed by atoms with E-state index in [1.807, 2.05) is 11.0 Å². The first-order chi connectivity index (χ1) is 6.97. The number of nitrogens with zero attached hydrogens (tertiary/aromatic N) is 1. The minimum atomic E-state index is -1.15. The number of hydrogen-bond donors (Lipinski definition) is 0. The van der Waals surface area contributed by atoms with Crippen molar-refractivity contribution < 1.29 is 4.79 Å². The zero-order valence-electron chi connectivity index (χ0n) is 9.79. The largest absolute Gasteiger partial charge is 0.332 e. The Morgan fingerprint density at radius 3 is 2.87 bits per heavy atom. The summed E-state index contributed by atoms with van der Waals surface area (Å²) in [5, 5.41) is 0. The summed E-state index contributed by atoms with van der Waals surface area (Å²) in [4.78, 5) is 13.7. The molecule has 2 heterocycles. The molecule has 82 valence electrons. The highest BCUT2D eigenvalue weighted by molar-refractivity contribution is 6.81. The van der Waals surface area contributed by atoms with Crippen molar-refractivity contribution in [2.45, 2.75) is 38.5 Å². The second-order valence-electron chi connectivity index (χ2n) is 5.50. The molecule has 2 aliphatic rings. The van der Waals surface area contributed by atoms with Crippen LogP contribution >= 0.6 is 0 Å². The van der Waals surface area contributed by atoms with Crippen molar-refractivity contribution in [1.82, 2.24) is 4.90 Å². The zero-order chi connectivity index (χ0) is 11.1. The summed E-state index contributed by atoms with van der Waals surface area (Å²) in [5.74, 6) is 0.293. The fraction of sp³-hybridized carbons (Fsp3) is 0.583.